The van der Waals surface area contributed by atoms with Crippen molar-refractivity contribution in [2.45, 2.75) is 20.1 Å². The van der Waals surface area contributed by atoms with E-state index < -0.39 is 6.29 Å². The zero-order valence-electron chi connectivity index (χ0n) is 8.77. The lowest BCUT2D eigenvalue weighted by Gasteiger charge is -2.14. The summed E-state index contributed by atoms with van der Waals surface area (Å²) in [7, 11) is 0. The summed E-state index contributed by atoms with van der Waals surface area (Å²) in [6, 6.07) is 4.99. The number of rotatable bonds is 5. The van der Waals surface area contributed by atoms with Gasteiger partial charge in [-0.05, 0) is 26.0 Å². The van der Waals surface area contributed by atoms with Crippen molar-refractivity contribution in [1.82, 2.24) is 0 Å². The Morgan fingerprint density at radius 2 is 2.27 bits per heavy atom. The highest BCUT2D eigenvalue weighted by Crippen LogP contribution is 2.30. The highest BCUT2D eigenvalue weighted by Gasteiger charge is 2.12. The lowest BCUT2D eigenvalue weighted by molar-refractivity contribution is -0.00274. The normalized spacial score (nSPS) is 11.9. The molecule has 0 radical (unpaired) electrons. The molecule has 0 saturated carbocycles. The maximum absolute atomic E-state index is 10.7. The van der Waals surface area contributed by atoms with Crippen LogP contribution in [0.15, 0.2) is 18.2 Å². The second-order valence-electron chi connectivity index (χ2n) is 2.94. The molecule has 4 nitrogen and oxygen atoms in total. The Morgan fingerprint density at radius 1 is 1.53 bits per heavy atom. The number of benzene rings is 1. The van der Waals surface area contributed by atoms with E-state index >= 15 is 0 Å². The Kier molecular flexibility index (Phi) is 4.12. The molecule has 1 N–H and O–H groups in total. The SMILES string of the molecule is CCOc1cccc(C=O)c1OC(C)O. The summed E-state index contributed by atoms with van der Waals surface area (Å²) in [5.74, 6) is 0.743. The molecule has 0 saturated heterocycles. The van der Waals surface area contributed by atoms with Gasteiger partial charge in [0.1, 0.15) is 0 Å². The summed E-state index contributed by atoms with van der Waals surface area (Å²) in [4.78, 5) is 10.7. The summed E-state index contributed by atoms with van der Waals surface area (Å²) in [5, 5.41) is 9.12. The van der Waals surface area contributed by atoms with Gasteiger partial charge in [-0.2, -0.15) is 0 Å². The fourth-order valence-corrected chi connectivity index (χ4v) is 1.19. The standard InChI is InChI=1S/C11H14O4/c1-3-14-10-6-4-5-9(7-12)11(10)15-8(2)13/h4-8,13H,3H2,1-2H3. The molecule has 82 valence electrons. The van der Waals surface area contributed by atoms with E-state index in [1.54, 1.807) is 18.2 Å². The molecule has 15 heavy (non-hydrogen) atoms. The maximum atomic E-state index is 10.7. The van der Waals surface area contributed by atoms with Crippen molar-refractivity contribution in [3.8, 4) is 11.5 Å². The Labute approximate surface area is 88.4 Å². The fourth-order valence-electron chi connectivity index (χ4n) is 1.19. The van der Waals surface area contributed by atoms with Crippen LogP contribution < -0.4 is 9.47 Å². The van der Waals surface area contributed by atoms with Crippen molar-refractivity contribution in [1.29, 1.82) is 0 Å². The van der Waals surface area contributed by atoms with Crippen LogP contribution in [-0.2, 0) is 0 Å². The lowest BCUT2D eigenvalue weighted by atomic mass is 10.2. The molecule has 1 unspecified atom stereocenters. The molecule has 0 amide bonds. The second kappa shape index (κ2) is 5.36. The van der Waals surface area contributed by atoms with Gasteiger partial charge in [0.15, 0.2) is 24.1 Å². The van der Waals surface area contributed by atoms with Gasteiger partial charge in [0, 0.05) is 0 Å². The van der Waals surface area contributed by atoms with Gasteiger partial charge in [-0.25, -0.2) is 0 Å². The van der Waals surface area contributed by atoms with Crippen molar-refractivity contribution in [3.63, 3.8) is 0 Å². The van der Waals surface area contributed by atoms with Crippen molar-refractivity contribution in [3.05, 3.63) is 23.8 Å². The number of hydrogen-bond donors (Lipinski definition) is 1. The number of carbonyl (C=O) groups is 1. The first-order chi connectivity index (χ1) is 7.19. The van der Waals surface area contributed by atoms with Gasteiger partial charge >= 0.3 is 0 Å². The van der Waals surface area contributed by atoms with Gasteiger partial charge in [0.2, 0.25) is 0 Å². The van der Waals surface area contributed by atoms with Crippen LogP contribution in [0.1, 0.15) is 24.2 Å². The predicted molar refractivity (Wildman–Crippen MR) is 55.3 cm³/mol. The third-order valence-electron chi connectivity index (χ3n) is 1.72. The minimum atomic E-state index is -0.981. The monoisotopic (exact) mass is 210 g/mol. The van der Waals surface area contributed by atoms with E-state index in [2.05, 4.69) is 0 Å². The molecule has 1 aromatic rings. The van der Waals surface area contributed by atoms with E-state index in [0.717, 1.165) is 0 Å². The van der Waals surface area contributed by atoms with Crippen LogP contribution in [0, 0.1) is 0 Å². The van der Waals surface area contributed by atoms with E-state index in [1.807, 2.05) is 6.92 Å². The van der Waals surface area contributed by atoms with Crippen molar-refractivity contribution >= 4 is 6.29 Å². The summed E-state index contributed by atoms with van der Waals surface area (Å²) < 4.78 is 10.4. The molecule has 0 heterocycles. The third kappa shape index (κ3) is 2.95. The molecular weight excluding hydrogens is 196 g/mol. The highest BCUT2D eigenvalue weighted by molar-refractivity contribution is 5.81. The van der Waals surface area contributed by atoms with Crippen LogP contribution in [-0.4, -0.2) is 24.3 Å². The first-order valence-electron chi connectivity index (χ1n) is 4.74. The Balaban J connectivity index is 3.08. The second-order valence-corrected chi connectivity index (χ2v) is 2.94. The Bertz CT molecular complexity index is 333. The van der Waals surface area contributed by atoms with Crippen LogP contribution in [0.4, 0.5) is 0 Å². The Hall–Kier alpha value is -1.55. The van der Waals surface area contributed by atoms with Crippen molar-refractivity contribution in [2.24, 2.45) is 0 Å². The summed E-state index contributed by atoms with van der Waals surface area (Å²) >= 11 is 0. The zero-order chi connectivity index (χ0) is 11.3. The third-order valence-corrected chi connectivity index (χ3v) is 1.72. The number of para-hydroxylation sites is 1. The minimum Gasteiger partial charge on any atom is -0.490 e. The summed E-state index contributed by atoms with van der Waals surface area (Å²) in [5.41, 5.74) is 0.363. The topological polar surface area (TPSA) is 55.8 Å². The average Bonchev–Trinajstić information content (AvgIpc) is 2.20. The molecule has 1 aromatic carbocycles. The van der Waals surface area contributed by atoms with Gasteiger partial charge in [0.25, 0.3) is 0 Å². The van der Waals surface area contributed by atoms with Crippen LogP contribution in [0.2, 0.25) is 0 Å². The van der Waals surface area contributed by atoms with Gasteiger partial charge in [0.05, 0.1) is 12.2 Å². The van der Waals surface area contributed by atoms with Gasteiger partial charge in [-0.1, -0.05) is 6.07 Å². The minimum absolute atomic E-state index is 0.282. The number of aliphatic hydroxyl groups excluding tert-OH is 1. The van der Waals surface area contributed by atoms with E-state index in [0.29, 0.717) is 24.2 Å². The average molecular weight is 210 g/mol. The number of aliphatic hydroxyl groups is 1. The maximum Gasteiger partial charge on any atom is 0.194 e. The quantitative estimate of drug-likeness (QED) is 0.592. The van der Waals surface area contributed by atoms with E-state index in [9.17, 15) is 4.79 Å². The molecule has 0 aliphatic heterocycles. The largest absolute Gasteiger partial charge is 0.490 e. The van der Waals surface area contributed by atoms with E-state index in [1.165, 1.54) is 6.92 Å². The number of hydrogen-bond acceptors (Lipinski definition) is 4. The first kappa shape index (κ1) is 11.5. The molecule has 1 atom stereocenters. The lowest BCUT2D eigenvalue weighted by Crippen LogP contribution is -2.12. The van der Waals surface area contributed by atoms with Gasteiger partial charge in [-0.3, -0.25) is 4.79 Å². The number of aldehydes is 1. The van der Waals surface area contributed by atoms with Crippen LogP contribution in [0.25, 0.3) is 0 Å². The molecule has 0 aromatic heterocycles. The summed E-state index contributed by atoms with van der Waals surface area (Å²) in [6.07, 6.45) is -0.314. The van der Waals surface area contributed by atoms with Crippen molar-refractivity contribution in [2.75, 3.05) is 6.61 Å². The highest BCUT2D eigenvalue weighted by atomic mass is 16.6. The summed E-state index contributed by atoms with van der Waals surface area (Å²) in [6.45, 7) is 3.77. The predicted octanol–water partition coefficient (Wildman–Crippen LogP) is 1.61. The number of ether oxygens (including phenoxy) is 2. The van der Waals surface area contributed by atoms with E-state index in [4.69, 9.17) is 14.6 Å². The molecule has 1 rings (SSSR count). The number of carbonyl (C=O) groups excluding carboxylic acids is 1. The molecule has 4 heteroatoms. The molecule has 0 bridgehead atoms. The molecule has 0 spiro atoms. The van der Waals surface area contributed by atoms with Crippen LogP contribution >= 0.6 is 0 Å². The van der Waals surface area contributed by atoms with Crippen LogP contribution in [0.3, 0.4) is 0 Å². The molecule has 0 fully saturated rings. The van der Waals surface area contributed by atoms with E-state index in [-0.39, 0.29) is 5.75 Å². The van der Waals surface area contributed by atoms with Crippen molar-refractivity contribution < 1.29 is 19.4 Å². The van der Waals surface area contributed by atoms with Crippen LogP contribution in [0.5, 0.6) is 11.5 Å². The molecular formula is C11H14O4. The zero-order valence-corrected chi connectivity index (χ0v) is 8.77. The molecule has 0 aliphatic rings. The van der Waals surface area contributed by atoms with Gasteiger partial charge < -0.3 is 14.6 Å². The fraction of sp³-hybridized carbons (Fsp3) is 0.364. The smallest absolute Gasteiger partial charge is 0.194 e. The Morgan fingerprint density at radius 3 is 2.80 bits per heavy atom. The van der Waals surface area contributed by atoms with Gasteiger partial charge in [-0.15, -0.1) is 0 Å². The first-order valence-corrected chi connectivity index (χ1v) is 4.74. The molecule has 0 aliphatic carbocycles.